The Morgan fingerprint density at radius 1 is 1.39 bits per heavy atom. The van der Waals surface area contributed by atoms with Crippen LogP contribution in [0.25, 0.3) is 0 Å². The molecule has 0 atom stereocenters. The number of amides is 1. The summed E-state index contributed by atoms with van der Waals surface area (Å²) in [5, 5.41) is 9.66. The molecule has 4 nitrogen and oxygen atoms in total. The maximum Gasteiger partial charge on any atom is 0.258 e. The molecule has 0 spiro atoms. The fourth-order valence-electron chi connectivity index (χ4n) is 1.62. The molecule has 1 N–H and O–H groups in total. The normalized spacial score (nSPS) is 10.3. The van der Waals surface area contributed by atoms with Crippen molar-refractivity contribution in [1.29, 1.82) is 0 Å². The summed E-state index contributed by atoms with van der Waals surface area (Å²) in [5.74, 6) is 0.0160. The molecule has 0 radical (unpaired) electrons. The van der Waals surface area contributed by atoms with E-state index in [-0.39, 0.29) is 11.7 Å². The second-order valence-corrected chi connectivity index (χ2v) is 4.62. The van der Waals surface area contributed by atoms with Gasteiger partial charge in [0.15, 0.2) is 4.67 Å². The summed E-state index contributed by atoms with van der Waals surface area (Å²) >= 11 is 3.17. The van der Waals surface area contributed by atoms with Crippen LogP contribution >= 0.6 is 15.9 Å². The molecular weight excluding hydrogens is 298 g/mol. The van der Waals surface area contributed by atoms with Crippen molar-refractivity contribution in [1.82, 2.24) is 4.90 Å². The fraction of sp³-hybridized carbons (Fsp3) is 0.154. The standard InChI is InChI=1S/C13H12BrNO3/c1-15(8-9-4-2-3-5-11(9)16)13(17)10-6-7-18-12(10)14/h2-7,16H,8H2,1H3. The lowest BCUT2D eigenvalue weighted by atomic mass is 10.2. The summed E-state index contributed by atoms with van der Waals surface area (Å²) < 4.78 is 5.44. The molecule has 0 saturated carbocycles. The number of carbonyl (C=O) groups is 1. The first kappa shape index (κ1) is 12.7. The average molecular weight is 310 g/mol. The topological polar surface area (TPSA) is 53.7 Å². The molecule has 18 heavy (non-hydrogen) atoms. The van der Waals surface area contributed by atoms with Crippen LogP contribution in [0.15, 0.2) is 45.7 Å². The summed E-state index contributed by atoms with van der Waals surface area (Å²) in [6.45, 7) is 0.336. The van der Waals surface area contributed by atoms with Crippen LogP contribution in [0.3, 0.4) is 0 Å². The van der Waals surface area contributed by atoms with Gasteiger partial charge in [-0.1, -0.05) is 18.2 Å². The van der Waals surface area contributed by atoms with Gasteiger partial charge in [-0.2, -0.15) is 0 Å². The Balaban J connectivity index is 2.14. The van der Waals surface area contributed by atoms with Gasteiger partial charge in [0.2, 0.25) is 0 Å². The van der Waals surface area contributed by atoms with Gasteiger partial charge < -0.3 is 14.4 Å². The van der Waals surface area contributed by atoms with E-state index < -0.39 is 0 Å². The molecule has 0 unspecified atom stereocenters. The zero-order chi connectivity index (χ0) is 13.1. The maximum atomic E-state index is 12.1. The summed E-state index contributed by atoms with van der Waals surface area (Å²) in [6.07, 6.45) is 1.45. The van der Waals surface area contributed by atoms with Gasteiger partial charge in [0, 0.05) is 19.2 Å². The first-order valence-corrected chi connectivity index (χ1v) is 6.14. The lowest BCUT2D eigenvalue weighted by molar-refractivity contribution is 0.0782. The van der Waals surface area contributed by atoms with Crippen LogP contribution in [0.1, 0.15) is 15.9 Å². The molecule has 1 aromatic heterocycles. The third-order valence-corrected chi connectivity index (χ3v) is 3.21. The molecule has 1 heterocycles. The van der Waals surface area contributed by atoms with E-state index in [4.69, 9.17) is 4.42 Å². The van der Waals surface area contributed by atoms with E-state index in [2.05, 4.69) is 15.9 Å². The molecule has 0 aliphatic heterocycles. The van der Waals surface area contributed by atoms with Crippen molar-refractivity contribution in [2.75, 3.05) is 7.05 Å². The van der Waals surface area contributed by atoms with E-state index in [0.717, 1.165) is 0 Å². The predicted octanol–water partition coefficient (Wildman–Crippen LogP) is 3.02. The predicted molar refractivity (Wildman–Crippen MR) is 70.3 cm³/mol. The smallest absolute Gasteiger partial charge is 0.258 e. The maximum absolute atomic E-state index is 12.1. The van der Waals surface area contributed by atoms with Gasteiger partial charge in [-0.05, 0) is 28.1 Å². The van der Waals surface area contributed by atoms with E-state index in [1.807, 2.05) is 6.07 Å². The fourth-order valence-corrected chi connectivity index (χ4v) is 2.03. The van der Waals surface area contributed by atoms with Crippen molar-refractivity contribution in [2.24, 2.45) is 0 Å². The van der Waals surface area contributed by atoms with Crippen LogP contribution in [-0.4, -0.2) is 23.0 Å². The van der Waals surface area contributed by atoms with Gasteiger partial charge in [-0.15, -0.1) is 0 Å². The molecule has 5 heteroatoms. The molecule has 0 aliphatic rings. The molecule has 2 aromatic rings. The largest absolute Gasteiger partial charge is 0.508 e. The van der Waals surface area contributed by atoms with Crippen LogP contribution in [-0.2, 0) is 6.54 Å². The minimum atomic E-state index is -0.168. The number of phenolic OH excluding ortho intramolecular Hbond substituents is 1. The Hall–Kier alpha value is -1.75. The Morgan fingerprint density at radius 3 is 2.72 bits per heavy atom. The van der Waals surface area contributed by atoms with Crippen molar-refractivity contribution in [2.45, 2.75) is 6.54 Å². The highest BCUT2D eigenvalue weighted by atomic mass is 79.9. The van der Waals surface area contributed by atoms with Gasteiger partial charge >= 0.3 is 0 Å². The van der Waals surface area contributed by atoms with Crippen molar-refractivity contribution in [3.05, 3.63) is 52.4 Å². The minimum Gasteiger partial charge on any atom is -0.508 e. The van der Waals surface area contributed by atoms with Crippen molar-refractivity contribution in [3.8, 4) is 5.75 Å². The highest BCUT2D eigenvalue weighted by molar-refractivity contribution is 9.10. The van der Waals surface area contributed by atoms with Gasteiger partial charge in [-0.25, -0.2) is 0 Å². The molecular formula is C13H12BrNO3. The molecule has 0 fully saturated rings. The Kier molecular flexibility index (Phi) is 3.72. The third kappa shape index (κ3) is 2.56. The molecule has 94 valence electrons. The first-order valence-electron chi connectivity index (χ1n) is 5.35. The van der Waals surface area contributed by atoms with Crippen molar-refractivity contribution >= 4 is 21.8 Å². The first-order chi connectivity index (χ1) is 8.59. The Bertz CT molecular complexity index is 565. The number of hydrogen-bond acceptors (Lipinski definition) is 3. The number of aromatic hydroxyl groups is 1. The number of rotatable bonds is 3. The van der Waals surface area contributed by atoms with Gasteiger partial charge in [-0.3, -0.25) is 4.79 Å². The number of halogens is 1. The summed E-state index contributed by atoms with van der Waals surface area (Å²) in [4.78, 5) is 13.6. The van der Waals surface area contributed by atoms with E-state index in [1.54, 1.807) is 31.3 Å². The quantitative estimate of drug-likeness (QED) is 0.948. The van der Waals surface area contributed by atoms with Crippen LogP contribution in [0.5, 0.6) is 5.75 Å². The number of benzene rings is 1. The zero-order valence-electron chi connectivity index (χ0n) is 9.76. The average Bonchev–Trinajstić information content (AvgIpc) is 2.77. The van der Waals surface area contributed by atoms with Crippen LogP contribution in [0, 0.1) is 0 Å². The molecule has 1 amide bonds. The molecule has 0 aliphatic carbocycles. The highest BCUT2D eigenvalue weighted by Crippen LogP contribution is 2.21. The van der Waals surface area contributed by atoms with Gasteiger partial charge in [0.05, 0.1) is 11.8 Å². The second-order valence-electron chi connectivity index (χ2n) is 3.90. The number of furan rings is 1. The summed E-state index contributed by atoms with van der Waals surface area (Å²) in [5.41, 5.74) is 1.17. The van der Waals surface area contributed by atoms with Crippen LogP contribution in [0.2, 0.25) is 0 Å². The van der Waals surface area contributed by atoms with E-state index in [0.29, 0.717) is 22.3 Å². The SMILES string of the molecule is CN(Cc1ccccc1O)C(=O)c1ccoc1Br. The zero-order valence-corrected chi connectivity index (χ0v) is 11.3. The van der Waals surface area contributed by atoms with Crippen LogP contribution < -0.4 is 0 Å². The Labute approximate surface area is 113 Å². The number of hydrogen-bond donors (Lipinski definition) is 1. The highest BCUT2D eigenvalue weighted by Gasteiger charge is 2.17. The lowest BCUT2D eigenvalue weighted by Crippen LogP contribution is -2.26. The monoisotopic (exact) mass is 309 g/mol. The molecule has 0 saturated heterocycles. The van der Waals surface area contributed by atoms with Gasteiger partial charge in [0.1, 0.15) is 5.75 Å². The van der Waals surface area contributed by atoms with Crippen molar-refractivity contribution in [3.63, 3.8) is 0 Å². The van der Waals surface area contributed by atoms with Gasteiger partial charge in [0.25, 0.3) is 5.91 Å². The third-order valence-electron chi connectivity index (χ3n) is 2.59. The Morgan fingerprint density at radius 2 is 2.11 bits per heavy atom. The van der Waals surface area contributed by atoms with Crippen LogP contribution in [0.4, 0.5) is 0 Å². The summed E-state index contributed by atoms with van der Waals surface area (Å²) in [6, 6.07) is 8.55. The minimum absolute atomic E-state index is 0.168. The second kappa shape index (κ2) is 5.27. The summed E-state index contributed by atoms with van der Waals surface area (Å²) in [7, 11) is 1.67. The number of carbonyl (C=O) groups excluding carboxylic acids is 1. The lowest BCUT2D eigenvalue weighted by Gasteiger charge is -2.17. The number of para-hydroxylation sites is 1. The number of phenols is 1. The molecule has 0 bridgehead atoms. The van der Waals surface area contributed by atoms with E-state index in [9.17, 15) is 9.90 Å². The molecule has 1 aromatic carbocycles. The van der Waals surface area contributed by atoms with E-state index in [1.165, 1.54) is 11.2 Å². The number of nitrogens with zero attached hydrogens (tertiary/aromatic N) is 1. The van der Waals surface area contributed by atoms with Crippen molar-refractivity contribution < 1.29 is 14.3 Å². The molecule has 2 rings (SSSR count). The van der Waals surface area contributed by atoms with E-state index >= 15 is 0 Å².